The van der Waals surface area contributed by atoms with Gasteiger partial charge in [0.2, 0.25) is 15.9 Å². The van der Waals surface area contributed by atoms with E-state index in [1.807, 2.05) is 35.8 Å². The molecule has 4 rings (SSSR count). The Hall–Kier alpha value is -3.15. The molecular formula is C26H33N5O4S2. The van der Waals surface area contributed by atoms with Gasteiger partial charge in [0, 0.05) is 69.1 Å². The molecule has 0 aliphatic carbocycles. The summed E-state index contributed by atoms with van der Waals surface area (Å²) in [5.74, 6) is 0.370. The molecule has 1 N–H and O–H groups in total. The third-order valence-corrected chi connectivity index (χ3v) is 9.47. The van der Waals surface area contributed by atoms with E-state index in [1.165, 1.54) is 11.4 Å². The number of anilines is 3. The van der Waals surface area contributed by atoms with E-state index in [4.69, 9.17) is 4.74 Å². The van der Waals surface area contributed by atoms with Crippen molar-refractivity contribution < 1.29 is 17.9 Å². The number of carbonyl (C=O) groups excluding carboxylic acids is 1. The highest BCUT2D eigenvalue weighted by Gasteiger charge is 2.26. The largest absolute Gasteiger partial charge is 0.497 e. The van der Waals surface area contributed by atoms with E-state index in [1.54, 1.807) is 44.4 Å². The summed E-state index contributed by atoms with van der Waals surface area (Å²) in [6.45, 7) is 7.19. The number of sulfonamides is 1. The molecule has 1 aromatic heterocycles. The monoisotopic (exact) mass is 543 g/mol. The molecule has 9 nitrogen and oxygen atoms in total. The molecule has 2 aromatic carbocycles. The Bertz CT molecular complexity index is 1300. The van der Waals surface area contributed by atoms with Crippen LogP contribution in [-0.4, -0.2) is 70.5 Å². The van der Waals surface area contributed by atoms with E-state index in [-0.39, 0.29) is 23.8 Å². The van der Waals surface area contributed by atoms with Crippen LogP contribution in [-0.2, 0) is 14.8 Å². The van der Waals surface area contributed by atoms with Crippen LogP contribution < -0.4 is 19.9 Å². The highest BCUT2D eigenvalue weighted by atomic mass is 32.2. The van der Waals surface area contributed by atoms with Gasteiger partial charge in [-0.3, -0.25) is 4.79 Å². The van der Waals surface area contributed by atoms with Gasteiger partial charge in [-0.25, -0.2) is 17.7 Å². The SMILES string of the molecule is COc1cc(C)c(S(=O)(=O)N(C)CCC(=O)Nc2ccc(N3CCN(c4nccs4)CC3)cc2)c(C)c1. The summed E-state index contributed by atoms with van der Waals surface area (Å²) in [5, 5.41) is 5.93. The normalized spacial score (nSPS) is 14.2. The Morgan fingerprint density at radius 1 is 1.08 bits per heavy atom. The molecule has 37 heavy (non-hydrogen) atoms. The van der Waals surface area contributed by atoms with E-state index in [9.17, 15) is 13.2 Å². The van der Waals surface area contributed by atoms with Gasteiger partial charge in [0.1, 0.15) is 5.75 Å². The lowest BCUT2D eigenvalue weighted by Gasteiger charge is -2.36. The van der Waals surface area contributed by atoms with Crippen molar-refractivity contribution in [2.24, 2.45) is 0 Å². The first-order chi connectivity index (χ1) is 17.7. The first-order valence-electron chi connectivity index (χ1n) is 12.1. The number of methoxy groups -OCH3 is 1. The maximum atomic E-state index is 13.2. The number of benzene rings is 2. The van der Waals surface area contributed by atoms with E-state index >= 15 is 0 Å². The van der Waals surface area contributed by atoms with Crippen molar-refractivity contribution in [1.29, 1.82) is 0 Å². The number of nitrogens with one attached hydrogen (secondary N) is 1. The molecule has 1 saturated heterocycles. The molecule has 1 aliphatic heterocycles. The summed E-state index contributed by atoms with van der Waals surface area (Å²) in [7, 11) is -0.702. The summed E-state index contributed by atoms with van der Waals surface area (Å²) in [6.07, 6.45) is 1.88. The van der Waals surface area contributed by atoms with Crippen LogP contribution >= 0.6 is 11.3 Å². The minimum Gasteiger partial charge on any atom is -0.497 e. The lowest BCUT2D eigenvalue weighted by molar-refractivity contribution is -0.116. The van der Waals surface area contributed by atoms with E-state index in [0.717, 1.165) is 37.0 Å². The first kappa shape index (κ1) is 26.9. The molecule has 0 radical (unpaired) electrons. The van der Waals surface area contributed by atoms with E-state index in [2.05, 4.69) is 20.1 Å². The first-order valence-corrected chi connectivity index (χ1v) is 14.4. The fourth-order valence-corrected chi connectivity index (χ4v) is 6.75. The molecule has 0 unspecified atom stereocenters. The van der Waals surface area contributed by atoms with Crippen LogP contribution in [0.15, 0.2) is 52.9 Å². The van der Waals surface area contributed by atoms with Crippen LogP contribution in [0.2, 0.25) is 0 Å². The van der Waals surface area contributed by atoms with Crippen LogP contribution in [0.4, 0.5) is 16.5 Å². The second kappa shape index (κ2) is 11.5. The number of carbonyl (C=O) groups is 1. The number of ether oxygens (including phenoxy) is 1. The predicted octanol–water partition coefficient (Wildman–Crippen LogP) is 3.74. The van der Waals surface area contributed by atoms with Gasteiger partial charge < -0.3 is 19.9 Å². The summed E-state index contributed by atoms with van der Waals surface area (Å²) >= 11 is 1.66. The van der Waals surface area contributed by atoms with Gasteiger partial charge >= 0.3 is 0 Å². The van der Waals surface area contributed by atoms with Gasteiger partial charge in [-0.2, -0.15) is 0 Å². The Kier molecular flexibility index (Phi) is 8.35. The summed E-state index contributed by atoms with van der Waals surface area (Å²) in [4.78, 5) is 21.8. The van der Waals surface area contributed by atoms with Gasteiger partial charge in [0.05, 0.1) is 12.0 Å². The maximum absolute atomic E-state index is 13.2. The minimum absolute atomic E-state index is 0.0461. The second-order valence-electron chi connectivity index (χ2n) is 9.05. The molecule has 11 heteroatoms. The van der Waals surface area contributed by atoms with E-state index < -0.39 is 10.0 Å². The van der Waals surface area contributed by atoms with Gasteiger partial charge in [-0.1, -0.05) is 0 Å². The van der Waals surface area contributed by atoms with Crippen molar-refractivity contribution in [3.8, 4) is 5.75 Å². The van der Waals surface area contributed by atoms with Crippen molar-refractivity contribution in [1.82, 2.24) is 9.29 Å². The van der Waals surface area contributed by atoms with Crippen molar-refractivity contribution in [2.75, 3.05) is 62.0 Å². The standard InChI is InChI=1S/C26H33N5O4S2/c1-19-17-23(35-4)18-20(2)25(19)37(33,34)29(3)11-9-24(32)28-21-5-7-22(8-6-21)30-12-14-31(15-13-30)26-27-10-16-36-26/h5-8,10,16-18H,9,11-15H2,1-4H3,(H,28,32). The zero-order valence-corrected chi connectivity index (χ0v) is 23.2. The number of thiazole rings is 1. The second-order valence-corrected chi connectivity index (χ2v) is 11.9. The van der Waals surface area contributed by atoms with Gasteiger partial charge in [-0.15, -0.1) is 11.3 Å². The number of amides is 1. The molecule has 0 atom stereocenters. The molecule has 2 heterocycles. The van der Waals surface area contributed by atoms with Gasteiger partial charge in [-0.05, 0) is 61.4 Å². The Labute approximate surface area is 222 Å². The number of hydrogen-bond donors (Lipinski definition) is 1. The number of nitrogens with zero attached hydrogens (tertiary/aromatic N) is 4. The van der Waals surface area contributed by atoms with Crippen LogP contribution in [0.3, 0.4) is 0 Å². The van der Waals surface area contributed by atoms with Crippen molar-refractivity contribution in [2.45, 2.75) is 25.2 Å². The molecule has 0 saturated carbocycles. The molecule has 1 aliphatic rings. The third-order valence-electron chi connectivity index (χ3n) is 6.48. The number of aryl methyl sites for hydroxylation is 2. The molecule has 3 aromatic rings. The lowest BCUT2D eigenvalue weighted by atomic mass is 10.1. The topological polar surface area (TPSA) is 95.1 Å². The maximum Gasteiger partial charge on any atom is 0.243 e. The van der Waals surface area contributed by atoms with Crippen molar-refractivity contribution >= 4 is 43.8 Å². The Morgan fingerprint density at radius 2 is 1.70 bits per heavy atom. The Morgan fingerprint density at radius 3 is 2.27 bits per heavy atom. The fourth-order valence-electron chi connectivity index (χ4n) is 4.48. The average Bonchev–Trinajstić information content (AvgIpc) is 3.42. The number of hydrogen-bond acceptors (Lipinski definition) is 8. The molecule has 1 fully saturated rings. The number of rotatable bonds is 9. The summed E-state index contributed by atoms with van der Waals surface area (Å²) < 4.78 is 32.8. The van der Waals surface area contributed by atoms with Crippen molar-refractivity contribution in [3.05, 3.63) is 59.1 Å². The molecule has 1 amide bonds. The number of piperazine rings is 1. The number of aromatic nitrogens is 1. The predicted molar refractivity (Wildman–Crippen MR) is 149 cm³/mol. The third kappa shape index (κ3) is 6.23. The Balaban J connectivity index is 1.29. The summed E-state index contributed by atoms with van der Waals surface area (Å²) in [5.41, 5.74) is 3.01. The van der Waals surface area contributed by atoms with Gasteiger partial charge in [0.25, 0.3) is 0 Å². The lowest BCUT2D eigenvalue weighted by Crippen LogP contribution is -2.46. The van der Waals surface area contributed by atoms with Crippen LogP contribution in [0.25, 0.3) is 0 Å². The summed E-state index contributed by atoms with van der Waals surface area (Å²) in [6, 6.07) is 11.2. The highest BCUT2D eigenvalue weighted by Crippen LogP contribution is 2.28. The van der Waals surface area contributed by atoms with E-state index in [0.29, 0.717) is 22.6 Å². The van der Waals surface area contributed by atoms with Gasteiger partial charge in [0.15, 0.2) is 5.13 Å². The fraction of sp³-hybridized carbons (Fsp3) is 0.385. The highest BCUT2D eigenvalue weighted by molar-refractivity contribution is 7.89. The smallest absolute Gasteiger partial charge is 0.243 e. The minimum atomic E-state index is -3.74. The molecule has 0 bridgehead atoms. The van der Waals surface area contributed by atoms with Crippen LogP contribution in [0.5, 0.6) is 5.75 Å². The molecular weight excluding hydrogens is 510 g/mol. The van der Waals surface area contributed by atoms with Crippen molar-refractivity contribution in [3.63, 3.8) is 0 Å². The molecule has 198 valence electrons. The zero-order chi connectivity index (χ0) is 26.6. The zero-order valence-electron chi connectivity index (χ0n) is 21.6. The average molecular weight is 544 g/mol. The molecule has 0 spiro atoms. The van der Waals surface area contributed by atoms with Crippen LogP contribution in [0.1, 0.15) is 17.5 Å². The quantitative estimate of drug-likeness (QED) is 0.439. The van der Waals surface area contributed by atoms with Crippen LogP contribution in [0, 0.1) is 13.8 Å².